The van der Waals surface area contributed by atoms with Gasteiger partial charge in [0.05, 0.1) is 6.54 Å². The molecule has 20 heavy (non-hydrogen) atoms. The first-order chi connectivity index (χ1) is 9.69. The van der Waals surface area contributed by atoms with Crippen LogP contribution < -0.4 is 11.1 Å². The highest BCUT2D eigenvalue weighted by atomic mass is 16.1. The molecule has 1 aliphatic carbocycles. The van der Waals surface area contributed by atoms with E-state index in [0.717, 1.165) is 18.0 Å². The Labute approximate surface area is 120 Å². The third kappa shape index (κ3) is 4.07. The number of pyridine rings is 1. The molecule has 4 heteroatoms. The lowest BCUT2D eigenvalue weighted by Crippen LogP contribution is -2.29. The highest BCUT2D eigenvalue weighted by Gasteiger charge is 2.21. The number of nitrogens with one attached hydrogen (secondary N) is 1. The zero-order valence-corrected chi connectivity index (χ0v) is 11.9. The van der Waals surface area contributed by atoms with Gasteiger partial charge in [-0.25, -0.2) is 4.98 Å². The summed E-state index contributed by atoms with van der Waals surface area (Å²) in [4.78, 5) is 16.1. The van der Waals surface area contributed by atoms with Crippen molar-refractivity contribution in [1.29, 1.82) is 0 Å². The number of carbonyl (C=O) groups excluding carboxylic acids is 1. The molecule has 3 N–H and O–H groups in total. The van der Waals surface area contributed by atoms with Gasteiger partial charge in [0, 0.05) is 18.3 Å². The van der Waals surface area contributed by atoms with Gasteiger partial charge < -0.3 is 11.1 Å². The standard InChI is InChI=1S/C16H21N3O/c1-12-4-5-14(9-12)11-19-16(20)15-7-6-13(10-18-15)3-2-8-17/h6-7,10,12,14H,4-5,8-9,11,17H2,1H3,(H,19,20). The van der Waals surface area contributed by atoms with Gasteiger partial charge in [-0.2, -0.15) is 0 Å². The fourth-order valence-electron chi connectivity index (χ4n) is 2.59. The van der Waals surface area contributed by atoms with Crippen molar-refractivity contribution < 1.29 is 4.79 Å². The number of rotatable bonds is 3. The first-order valence-corrected chi connectivity index (χ1v) is 7.12. The van der Waals surface area contributed by atoms with E-state index in [0.29, 0.717) is 18.2 Å². The summed E-state index contributed by atoms with van der Waals surface area (Å²) >= 11 is 0. The summed E-state index contributed by atoms with van der Waals surface area (Å²) in [5.74, 6) is 6.93. The first-order valence-electron chi connectivity index (χ1n) is 7.12. The molecule has 1 fully saturated rings. The molecule has 106 valence electrons. The van der Waals surface area contributed by atoms with Crippen molar-refractivity contribution in [3.63, 3.8) is 0 Å². The van der Waals surface area contributed by atoms with Crippen LogP contribution in [0.5, 0.6) is 0 Å². The molecule has 1 saturated carbocycles. The van der Waals surface area contributed by atoms with Crippen molar-refractivity contribution in [1.82, 2.24) is 10.3 Å². The highest BCUT2D eigenvalue weighted by molar-refractivity contribution is 5.92. The predicted molar refractivity (Wildman–Crippen MR) is 79.0 cm³/mol. The smallest absolute Gasteiger partial charge is 0.269 e. The van der Waals surface area contributed by atoms with Gasteiger partial charge in [0.15, 0.2) is 0 Å². The van der Waals surface area contributed by atoms with E-state index in [4.69, 9.17) is 5.73 Å². The fourth-order valence-corrected chi connectivity index (χ4v) is 2.59. The lowest BCUT2D eigenvalue weighted by molar-refractivity contribution is 0.0942. The van der Waals surface area contributed by atoms with Gasteiger partial charge in [-0.1, -0.05) is 25.2 Å². The third-order valence-corrected chi connectivity index (χ3v) is 3.69. The summed E-state index contributed by atoms with van der Waals surface area (Å²) in [6, 6.07) is 3.50. The fraction of sp³-hybridized carbons (Fsp3) is 0.500. The van der Waals surface area contributed by atoms with Crippen molar-refractivity contribution in [2.45, 2.75) is 26.2 Å². The van der Waals surface area contributed by atoms with Gasteiger partial charge in [0.1, 0.15) is 5.69 Å². The van der Waals surface area contributed by atoms with Crippen molar-refractivity contribution >= 4 is 5.91 Å². The third-order valence-electron chi connectivity index (χ3n) is 3.69. The predicted octanol–water partition coefficient (Wildman–Crippen LogP) is 1.56. The van der Waals surface area contributed by atoms with Crippen LogP contribution in [0.15, 0.2) is 18.3 Å². The molecule has 1 aliphatic rings. The summed E-state index contributed by atoms with van der Waals surface area (Å²) in [6.45, 7) is 3.34. The Bertz CT molecular complexity index is 513. The molecule has 2 unspecified atom stereocenters. The minimum Gasteiger partial charge on any atom is -0.350 e. The van der Waals surface area contributed by atoms with Crippen LogP contribution in [0.1, 0.15) is 42.2 Å². The number of nitrogens with zero attached hydrogens (tertiary/aromatic N) is 1. The summed E-state index contributed by atoms with van der Waals surface area (Å²) in [5, 5.41) is 2.97. The molecule has 0 spiro atoms. The number of hydrogen-bond donors (Lipinski definition) is 2. The van der Waals surface area contributed by atoms with Crippen LogP contribution in [0.3, 0.4) is 0 Å². The molecular formula is C16H21N3O. The molecule has 0 aromatic carbocycles. The van der Waals surface area contributed by atoms with Gasteiger partial charge in [0.2, 0.25) is 0 Å². The average molecular weight is 271 g/mol. The van der Waals surface area contributed by atoms with E-state index in [1.54, 1.807) is 18.3 Å². The van der Waals surface area contributed by atoms with Gasteiger partial charge in [-0.3, -0.25) is 4.79 Å². The van der Waals surface area contributed by atoms with Crippen LogP contribution in [0.2, 0.25) is 0 Å². The summed E-state index contributed by atoms with van der Waals surface area (Å²) in [7, 11) is 0. The van der Waals surface area contributed by atoms with E-state index >= 15 is 0 Å². The highest BCUT2D eigenvalue weighted by Crippen LogP contribution is 2.29. The van der Waals surface area contributed by atoms with Crippen LogP contribution >= 0.6 is 0 Å². The maximum Gasteiger partial charge on any atom is 0.269 e. The van der Waals surface area contributed by atoms with Crippen LogP contribution in [0.25, 0.3) is 0 Å². The Hall–Kier alpha value is -1.86. The monoisotopic (exact) mass is 271 g/mol. The van der Waals surface area contributed by atoms with E-state index in [9.17, 15) is 4.79 Å². The second-order valence-corrected chi connectivity index (χ2v) is 5.43. The Kier molecular flexibility index (Phi) is 5.14. The van der Waals surface area contributed by atoms with Gasteiger partial charge >= 0.3 is 0 Å². The topological polar surface area (TPSA) is 68.0 Å². The number of nitrogens with two attached hydrogens (primary N) is 1. The molecule has 1 aromatic rings. The van der Waals surface area contributed by atoms with Crippen LogP contribution in [-0.4, -0.2) is 24.0 Å². The van der Waals surface area contributed by atoms with Gasteiger partial charge in [-0.05, 0) is 36.8 Å². The second kappa shape index (κ2) is 7.06. The molecular weight excluding hydrogens is 250 g/mol. The number of carbonyl (C=O) groups is 1. The molecule has 1 heterocycles. The lowest BCUT2D eigenvalue weighted by atomic mass is 10.1. The molecule has 1 aromatic heterocycles. The lowest BCUT2D eigenvalue weighted by Gasteiger charge is -2.10. The van der Waals surface area contributed by atoms with E-state index in [1.807, 2.05) is 0 Å². The minimum absolute atomic E-state index is 0.108. The van der Waals surface area contributed by atoms with Crippen molar-refractivity contribution in [2.75, 3.05) is 13.1 Å². The summed E-state index contributed by atoms with van der Waals surface area (Å²) in [5.41, 5.74) is 6.52. The van der Waals surface area contributed by atoms with Crippen molar-refractivity contribution in [3.05, 3.63) is 29.6 Å². The molecule has 0 bridgehead atoms. The van der Waals surface area contributed by atoms with E-state index < -0.39 is 0 Å². The Morgan fingerprint density at radius 2 is 2.35 bits per heavy atom. The molecule has 2 atom stereocenters. The molecule has 0 radical (unpaired) electrons. The molecule has 0 saturated heterocycles. The van der Waals surface area contributed by atoms with Crippen molar-refractivity contribution in [3.8, 4) is 11.8 Å². The van der Waals surface area contributed by atoms with E-state index in [-0.39, 0.29) is 5.91 Å². The molecule has 2 rings (SSSR count). The van der Waals surface area contributed by atoms with Gasteiger partial charge in [-0.15, -0.1) is 0 Å². The Balaban J connectivity index is 1.86. The summed E-state index contributed by atoms with van der Waals surface area (Å²) < 4.78 is 0. The molecule has 0 aliphatic heterocycles. The first kappa shape index (κ1) is 14.5. The van der Waals surface area contributed by atoms with Gasteiger partial charge in [0.25, 0.3) is 5.91 Å². The average Bonchev–Trinajstić information content (AvgIpc) is 2.89. The number of hydrogen-bond acceptors (Lipinski definition) is 3. The van der Waals surface area contributed by atoms with Crippen LogP contribution in [-0.2, 0) is 0 Å². The zero-order valence-electron chi connectivity index (χ0n) is 11.9. The zero-order chi connectivity index (χ0) is 14.4. The largest absolute Gasteiger partial charge is 0.350 e. The molecule has 1 amide bonds. The van der Waals surface area contributed by atoms with Crippen LogP contribution in [0, 0.1) is 23.7 Å². The number of aromatic nitrogens is 1. The SMILES string of the molecule is CC1CCC(CNC(=O)c2ccc(C#CCN)cn2)C1. The van der Waals surface area contributed by atoms with Crippen LogP contribution in [0.4, 0.5) is 0 Å². The molecule has 4 nitrogen and oxygen atoms in total. The minimum atomic E-state index is -0.108. The summed E-state index contributed by atoms with van der Waals surface area (Å²) in [6.07, 6.45) is 5.30. The quantitative estimate of drug-likeness (QED) is 0.820. The Morgan fingerprint density at radius 1 is 1.50 bits per heavy atom. The maximum atomic E-state index is 12.0. The van der Waals surface area contributed by atoms with Crippen molar-refractivity contribution in [2.24, 2.45) is 17.6 Å². The second-order valence-electron chi connectivity index (χ2n) is 5.43. The number of amides is 1. The van der Waals surface area contributed by atoms with E-state index in [1.165, 1.54) is 19.3 Å². The van der Waals surface area contributed by atoms with E-state index in [2.05, 4.69) is 29.1 Å². The Morgan fingerprint density at radius 3 is 2.95 bits per heavy atom. The normalized spacial score (nSPS) is 21.1. The maximum absolute atomic E-state index is 12.0.